The van der Waals surface area contributed by atoms with Crippen molar-refractivity contribution in [3.8, 4) is 0 Å². The fourth-order valence-corrected chi connectivity index (χ4v) is 4.00. The average molecular weight is 269 g/mol. The Hall–Kier alpha value is -0.650. The average Bonchev–Trinajstić information content (AvgIpc) is 2.69. The minimum Gasteiger partial charge on any atom is -0.479 e. The Kier molecular flexibility index (Phi) is 3.31. The van der Waals surface area contributed by atoms with Crippen molar-refractivity contribution < 1.29 is 19.4 Å². The zero-order chi connectivity index (χ0) is 13.5. The summed E-state index contributed by atoms with van der Waals surface area (Å²) in [4.78, 5) is 13.9. The van der Waals surface area contributed by atoms with Crippen molar-refractivity contribution in [1.29, 1.82) is 0 Å². The molecule has 0 saturated carbocycles. The summed E-state index contributed by atoms with van der Waals surface area (Å²) in [5.74, 6) is -0.794. The largest absolute Gasteiger partial charge is 0.479 e. The molecule has 3 saturated heterocycles. The summed E-state index contributed by atoms with van der Waals surface area (Å²) in [6.45, 7) is 3.34. The second-order valence-electron chi connectivity index (χ2n) is 6.47. The van der Waals surface area contributed by atoms with E-state index in [1.165, 1.54) is 0 Å². The van der Waals surface area contributed by atoms with E-state index in [4.69, 9.17) is 9.47 Å². The van der Waals surface area contributed by atoms with Gasteiger partial charge in [-0.2, -0.15) is 0 Å². The SMILES string of the molecule is CN1CCC2(CC1)CC1(CCOCC1)C(C(=O)O)O2. The fourth-order valence-electron chi connectivity index (χ4n) is 4.00. The number of hydrogen-bond donors (Lipinski definition) is 1. The van der Waals surface area contributed by atoms with E-state index in [9.17, 15) is 9.90 Å². The second-order valence-corrected chi connectivity index (χ2v) is 6.47. The summed E-state index contributed by atoms with van der Waals surface area (Å²) in [5.41, 5.74) is -0.396. The lowest BCUT2D eigenvalue weighted by Crippen LogP contribution is -2.43. The van der Waals surface area contributed by atoms with E-state index in [1.54, 1.807) is 0 Å². The third-order valence-corrected chi connectivity index (χ3v) is 5.21. The van der Waals surface area contributed by atoms with E-state index in [0.29, 0.717) is 13.2 Å². The molecule has 0 radical (unpaired) electrons. The molecular formula is C14H23NO4. The normalized spacial score (nSPS) is 33.8. The lowest BCUT2D eigenvalue weighted by atomic mass is 9.69. The van der Waals surface area contributed by atoms with E-state index in [2.05, 4.69) is 11.9 Å². The highest BCUT2D eigenvalue weighted by molar-refractivity contribution is 5.74. The molecule has 0 bridgehead atoms. The van der Waals surface area contributed by atoms with Crippen LogP contribution in [0, 0.1) is 5.41 Å². The van der Waals surface area contributed by atoms with Crippen molar-refractivity contribution in [2.24, 2.45) is 5.41 Å². The van der Waals surface area contributed by atoms with Gasteiger partial charge in [0.25, 0.3) is 0 Å². The first kappa shape index (κ1) is 13.3. The molecule has 3 aliphatic heterocycles. The summed E-state index contributed by atoms with van der Waals surface area (Å²) >= 11 is 0. The van der Waals surface area contributed by atoms with Crippen LogP contribution in [0.5, 0.6) is 0 Å². The van der Waals surface area contributed by atoms with E-state index in [0.717, 1.165) is 45.2 Å². The Bertz CT molecular complexity index is 356. The summed E-state index contributed by atoms with van der Waals surface area (Å²) in [6.07, 6.45) is 3.81. The Balaban J connectivity index is 1.82. The maximum atomic E-state index is 11.6. The molecule has 2 spiro atoms. The van der Waals surface area contributed by atoms with E-state index in [-0.39, 0.29) is 11.0 Å². The molecule has 3 heterocycles. The highest BCUT2D eigenvalue weighted by Crippen LogP contribution is 2.53. The third-order valence-electron chi connectivity index (χ3n) is 5.21. The summed E-state index contributed by atoms with van der Waals surface area (Å²) in [5, 5.41) is 9.52. The smallest absolute Gasteiger partial charge is 0.333 e. The Morgan fingerprint density at radius 3 is 2.42 bits per heavy atom. The van der Waals surface area contributed by atoms with Crippen LogP contribution in [-0.4, -0.2) is 61.0 Å². The van der Waals surface area contributed by atoms with Gasteiger partial charge in [-0.15, -0.1) is 0 Å². The number of aliphatic carboxylic acids is 1. The van der Waals surface area contributed by atoms with Gasteiger partial charge in [0.1, 0.15) is 0 Å². The van der Waals surface area contributed by atoms with Crippen molar-refractivity contribution in [2.75, 3.05) is 33.4 Å². The first-order valence-electron chi connectivity index (χ1n) is 7.22. The molecule has 0 amide bonds. The van der Waals surface area contributed by atoms with Crippen LogP contribution in [0.4, 0.5) is 0 Å². The molecule has 5 heteroatoms. The minimum absolute atomic E-state index is 0.194. The molecule has 5 nitrogen and oxygen atoms in total. The summed E-state index contributed by atoms with van der Waals surface area (Å²) in [6, 6.07) is 0. The van der Waals surface area contributed by atoms with E-state index in [1.807, 2.05) is 0 Å². The standard InChI is InChI=1S/C14H23NO4/c1-15-6-2-14(3-7-15)10-13(4-8-18-9-5-13)11(19-14)12(16)17/h11H,2-10H2,1H3,(H,16,17). The molecule has 0 aromatic heterocycles. The molecule has 0 aromatic carbocycles. The molecule has 3 aliphatic rings. The van der Waals surface area contributed by atoms with Gasteiger partial charge in [0.15, 0.2) is 6.10 Å². The van der Waals surface area contributed by atoms with Gasteiger partial charge in [-0.3, -0.25) is 0 Å². The molecule has 3 fully saturated rings. The molecule has 1 unspecified atom stereocenters. The maximum absolute atomic E-state index is 11.6. The number of hydrogen-bond acceptors (Lipinski definition) is 4. The topological polar surface area (TPSA) is 59.0 Å². The molecule has 3 rings (SSSR count). The predicted octanol–water partition coefficient (Wildman–Crippen LogP) is 1.12. The lowest BCUT2D eigenvalue weighted by molar-refractivity contribution is -0.164. The first-order chi connectivity index (χ1) is 9.05. The molecule has 1 N–H and O–H groups in total. The highest BCUT2D eigenvalue weighted by Gasteiger charge is 2.58. The predicted molar refractivity (Wildman–Crippen MR) is 69.1 cm³/mol. The molecule has 0 aliphatic carbocycles. The van der Waals surface area contributed by atoms with Crippen LogP contribution in [-0.2, 0) is 14.3 Å². The van der Waals surface area contributed by atoms with Crippen LogP contribution in [0.25, 0.3) is 0 Å². The van der Waals surface area contributed by atoms with Crippen molar-refractivity contribution in [3.63, 3.8) is 0 Å². The molecule has 108 valence electrons. The Morgan fingerprint density at radius 1 is 1.21 bits per heavy atom. The van der Waals surface area contributed by atoms with Gasteiger partial charge in [0.2, 0.25) is 0 Å². The quantitative estimate of drug-likeness (QED) is 0.773. The number of carbonyl (C=O) groups is 1. The van der Waals surface area contributed by atoms with Crippen LogP contribution in [0.3, 0.4) is 0 Å². The van der Waals surface area contributed by atoms with Gasteiger partial charge < -0.3 is 19.5 Å². The van der Waals surface area contributed by atoms with Crippen LogP contribution >= 0.6 is 0 Å². The van der Waals surface area contributed by atoms with Crippen molar-refractivity contribution in [1.82, 2.24) is 4.90 Å². The van der Waals surface area contributed by atoms with Crippen LogP contribution in [0.15, 0.2) is 0 Å². The van der Waals surface area contributed by atoms with Gasteiger partial charge in [-0.1, -0.05) is 0 Å². The number of rotatable bonds is 1. The van der Waals surface area contributed by atoms with E-state index < -0.39 is 12.1 Å². The van der Waals surface area contributed by atoms with Gasteiger partial charge >= 0.3 is 5.97 Å². The molecule has 19 heavy (non-hydrogen) atoms. The maximum Gasteiger partial charge on any atom is 0.333 e. The number of ether oxygens (including phenoxy) is 2. The Labute approximate surface area is 113 Å². The Morgan fingerprint density at radius 2 is 1.84 bits per heavy atom. The van der Waals surface area contributed by atoms with Crippen LogP contribution < -0.4 is 0 Å². The minimum atomic E-state index is -0.794. The first-order valence-corrected chi connectivity index (χ1v) is 7.22. The van der Waals surface area contributed by atoms with Crippen LogP contribution in [0.1, 0.15) is 32.1 Å². The number of nitrogens with zero attached hydrogens (tertiary/aromatic N) is 1. The van der Waals surface area contributed by atoms with E-state index >= 15 is 0 Å². The zero-order valence-electron chi connectivity index (χ0n) is 11.6. The summed E-state index contributed by atoms with van der Waals surface area (Å²) in [7, 11) is 2.11. The molecule has 0 aromatic rings. The van der Waals surface area contributed by atoms with Gasteiger partial charge in [-0.05, 0) is 39.2 Å². The van der Waals surface area contributed by atoms with Crippen molar-refractivity contribution >= 4 is 5.97 Å². The second kappa shape index (κ2) is 4.72. The van der Waals surface area contributed by atoms with Crippen molar-refractivity contribution in [3.05, 3.63) is 0 Å². The molecular weight excluding hydrogens is 246 g/mol. The van der Waals surface area contributed by atoms with Gasteiger partial charge in [0, 0.05) is 31.7 Å². The third kappa shape index (κ3) is 2.28. The highest BCUT2D eigenvalue weighted by atomic mass is 16.5. The number of carboxylic acids is 1. The monoisotopic (exact) mass is 269 g/mol. The summed E-state index contributed by atoms with van der Waals surface area (Å²) < 4.78 is 11.5. The lowest BCUT2D eigenvalue weighted by Gasteiger charge is -2.38. The van der Waals surface area contributed by atoms with Gasteiger partial charge in [0.05, 0.1) is 5.60 Å². The zero-order valence-corrected chi connectivity index (χ0v) is 11.6. The number of likely N-dealkylation sites (tertiary alicyclic amines) is 1. The van der Waals surface area contributed by atoms with Crippen molar-refractivity contribution in [2.45, 2.75) is 43.8 Å². The molecule has 1 atom stereocenters. The number of piperidine rings is 1. The fraction of sp³-hybridized carbons (Fsp3) is 0.929. The van der Waals surface area contributed by atoms with Gasteiger partial charge in [-0.25, -0.2) is 4.79 Å². The van der Waals surface area contributed by atoms with Crippen LogP contribution in [0.2, 0.25) is 0 Å². The number of carboxylic acid groups (broad SMARTS) is 1.